The van der Waals surface area contributed by atoms with E-state index in [1.807, 2.05) is 142 Å². The number of unbranched alkanes of at least 4 members (excludes halogenated alkanes) is 1. The maximum Gasteiger partial charge on any atom is 0.261 e. The minimum atomic E-state index is -2.61. The van der Waals surface area contributed by atoms with Crippen molar-refractivity contribution >= 4 is 139 Å². The number of hydrogen-bond acceptors (Lipinski definition) is 24. The molecule has 0 atom stereocenters. The Morgan fingerprint density at radius 3 is 1.19 bits per heavy atom. The Labute approximate surface area is 802 Å². The van der Waals surface area contributed by atoms with Crippen molar-refractivity contribution in [3.05, 3.63) is 273 Å². The minimum Gasteiger partial charge on any atom is -0.472 e. The predicted octanol–water partition coefficient (Wildman–Crippen LogP) is 22.9. The molecule has 140 heavy (non-hydrogen) atoms. The van der Waals surface area contributed by atoms with Gasteiger partial charge in [0.25, 0.3) is 5.92 Å². The second kappa shape index (κ2) is 37.6. The number of furan rings is 2. The van der Waals surface area contributed by atoms with Crippen molar-refractivity contribution < 1.29 is 27.2 Å². The molecule has 0 spiro atoms. The fraction of sp³-hybridized carbons (Fsp3) is 0.135. The molecular weight excluding hydrogens is 1810 g/mol. The number of halogens is 2. The van der Waals surface area contributed by atoms with Crippen LogP contribution in [0.2, 0.25) is 0 Å². The topological polar surface area (TPSA) is 424 Å². The Kier molecular flexibility index (Phi) is 23.5. The first-order chi connectivity index (χ1) is 68.4. The normalized spacial score (nSPS) is 12.6. The van der Waals surface area contributed by atoms with Crippen LogP contribution in [0.1, 0.15) is 52.0 Å². The van der Waals surface area contributed by atoms with Crippen LogP contribution in [0.5, 0.6) is 0 Å². The molecule has 0 saturated carbocycles. The highest BCUT2D eigenvalue weighted by Crippen LogP contribution is 2.42. The van der Waals surface area contributed by atoms with Crippen molar-refractivity contribution in [2.75, 3.05) is 42.7 Å². The zero-order valence-corrected chi connectivity index (χ0v) is 77.3. The van der Waals surface area contributed by atoms with E-state index >= 15 is 0 Å². The average Bonchev–Trinajstić information content (AvgIpc) is 1.62. The molecule has 0 radical (unpaired) electrons. The number of carbonyl (C=O) groups excluding carboxylic acids is 2. The molecule has 1 fully saturated rings. The van der Waals surface area contributed by atoms with Gasteiger partial charge in [0.1, 0.15) is 44.8 Å². The summed E-state index contributed by atoms with van der Waals surface area (Å²) in [6, 6.07) is 40.3. The summed E-state index contributed by atoms with van der Waals surface area (Å²) in [4.78, 5) is 96.0. The van der Waals surface area contributed by atoms with Crippen LogP contribution in [-0.4, -0.2) is 170 Å². The third kappa shape index (κ3) is 17.9. The van der Waals surface area contributed by atoms with Crippen LogP contribution in [0, 0.1) is 5.92 Å². The maximum absolute atomic E-state index is 13.6. The summed E-state index contributed by atoms with van der Waals surface area (Å²) in [5.74, 6) is -0.124. The van der Waals surface area contributed by atoms with E-state index < -0.39 is 5.92 Å². The number of carbonyl (C=O) groups is 2. The number of thiophene rings is 2. The quantitative estimate of drug-likeness (QED) is 0.0319. The lowest BCUT2D eigenvalue weighted by atomic mass is 10.0. The number of likely N-dealkylation sites (tertiary alicyclic amines) is 1. The Morgan fingerprint density at radius 2 is 0.814 bits per heavy atom. The van der Waals surface area contributed by atoms with Gasteiger partial charge in [0.05, 0.1) is 136 Å². The average molecular weight is 1890 g/mol. The number of imidazole rings is 4. The largest absolute Gasteiger partial charge is 0.472 e. The van der Waals surface area contributed by atoms with Crippen molar-refractivity contribution in [2.45, 2.75) is 58.9 Å². The van der Waals surface area contributed by atoms with Crippen LogP contribution >= 0.6 is 22.7 Å². The molecule has 1 aliphatic heterocycles. The second-order valence-electron chi connectivity index (χ2n) is 34.5. The third-order valence-corrected chi connectivity index (χ3v) is 25.8. The zero-order valence-electron chi connectivity index (χ0n) is 75.7. The monoisotopic (exact) mass is 1890 g/mol. The zero-order chi connectivity index (χ0) is 95.1. The molecule has 24 aromatic rings. The smallest absolute Gasteiger partial charge is 0.261 e. The lowest BCUT2D eigenvalue weighted by Gasteiger charge is -2.15. The maximum atomic E-state index is 13.6. The summed E-state index contributed by atoms with van der Waals surface area (Å²) in [6.45, 7) is 6.41. The number of H-pyrrole nitrogens is 8. The van der Waals surface area contributed by atoms with Gasteiger partial charge >= 0.3 is 0 Å². The molecule has 0 unspecified atom stereocenters. The number of fused-ring (bicyclic) bond motifs is 8. The van der Waals surface area contributed by atoms with E-state index in [1.54, 1.807) is 127 Å². The van der Waals surface area contributed by atoms with Gasteiger partial charge in [-0.25, -0.2) is 28.7 Å². The number of pyridine rings is 8. The van der Waals surface area contributed by atoms with E-state index in [0.717, 1.165) is 207 Å². The summed E-state index contributed by atoms with van der Waals surface area (Å²) >= 11 is 3.29. The van der Waals surface area contributed by atoms with Gasteiger partial charge in [0, 0.05) is 179 Å². The lowest BCUT2D eigenvalue weighted by Crippen LogP contribution is -2.24. The van der Waals surface area contributed by atoms with Crippen LogP contribution in [0.15, 0.2) is 276 Å². The molecule has 0 bridgehead atoms. The summed E-state index contributed by atoms with van der Waals surface area (Å²) in [5.41, 5.74) is 32.0. The first-order valence-electron chi connectivity index (χ1n) is 45.0. The van der Waals surface area contributed by atoms with Crippen LogP contribution in [-0.2, 0) is 16.1 Å². The number of aromatic amines is 8. The lowest BCUT2D eigenvalue weighted by molar-refractivity contribution is -0.119. The molecule has 1 saturated heterocycles. The van der Waals surface area contributed by atoms with Gasteiger partial charge in [0.15, 0.2) is 23.3 Å². The van der Waals surface area contributed by atoms with Gasteiger partial charge in [-0.3, -0.25) is 74.8 Å². The van der Waals surface area contributed by atoms with E-state index in [2.05, 4.69) is 177 Å². The van der Waals surface area contributed by atoms with Crippen molar-refractivity contribution in [1.82, 2.24) is 125 Å². The molecular formula is C104H84F2N28O4S2. The summed E-state index contributed by atoms with van der Waals surface area (Å²) in [7, 11) is 4.03. The van der Waals surface area contributed by atoms with E-state index in [0.29, 0.717) is 71.3 Å². The van der Waals surface area contributed by atoms with Crippen LogP contribution in [0.4, 0.5) is 25.8 Å². The standard InChI is InChI=1S/C27H21F2N7S.C27H23N7O2.C26H21N7O2.C24H19N7S/c28-27(29)4-5-36(15-27)13-16-7-19(10-30-9-16)17-1-2-22-20(8-17)25(35-34-22)26-32-23-12-31-11-21(24(23)33-26)18-3-6-37-14-18;1-2-3-4-24(35)30-19-9-18(11-28-12-19)16-5-6-22-20(10-16)26(34-33-22)27-31-23-14-29-13-21(25(23)32-27)17-7-8-36-15-17;1-14(2)26(34)29-18-7-17(9-27-10-18)15-3-4-21-19(8-15)24(33-32-21)25-30-22-12-28-11-20(23(22)31-25)16-5-6-35-13-16;1-31(2)17-7-16(9-25-10-17)14-3-4-20-18(8-14)23(30-29-20)24-27-21-12-26-11-19(22(21)28-24)15-5-6-32-13-15/h1-3,6-12,14H,4-5,13,15H2,(H,32,33)(H,34,35);5-15H,2-4H2,1H3,(H,30,35)(H,31,32)(H,33,34);3-14H,1-2H3,(H,29,34)(H,30,31)(H,32,33);3-13H,1-2H3,(H,27,28)(H,29,30). The number of benzene rings is 4. The molecule has 4 aromatic carbocycles. The fourth-order valence-electron chi connectivity index (χ4n) is 17.1. The SMILES string of the molecule is CC(C)C(=O)Nc1cncc(-c2ccc3[nH]nc(-c4nc5c(-c6ccoc6)cncc5[nH]4)c3c2)c1.CCCCC(=O)Nc1cncc(-c2ccc3[nH]nc(-c4nc5c(-c6ccoc6)cncc5[nH]4)c3c2)c1.CN(C)c1cncc(-c2ccc3[nH]nc(-c4nc5c(-c6ccsc6)cncc5[nH]4)c3c2)c1.FC1(F)CCN(Cc2cncc(-c3ccc4[nH]nc(-c5nc6c(-c7ccsc7)cncc6[nH]5)c4c3)c2)C1. The van der Waals surface area contributed by atoms with Crippen molar-refractivity contribution in [2.24, 2.45) is 5.92 Å². The Morgan fingerprint density at radius 1 is 0.429 bits per heavy atom. The van der Waals surface area contributed by atoms with Gasteiger partial charge < -0.3 is 44.3 Å². The molecule has 0 aliphatic carbocycles. The Balaban J connectivity index is 0.000000107. The van der Waals surface area contributed by atoms with E-state index in [4.69, 9.17) is 28.8 Å². The number of anilines is 3. The first kappa shape index (κ1) is 87.7. The molecule has 10 N–H and O–H groups in total. The molecule has 21 heterocycles. The fourth-order valence-corrected chi connectivity index (χ4v) is 18.4. The molecule has 36 heteroatoms. The number of nitrogens with zero attached hydrogens (tertiary/aromatic N) is 18. The van der Waals surface area contributed by atoms with Gasteiger partial charge in [-0.1, -0.05) is 51.5 Å². The molecule has 32 nitrogen and oxygen atoms in total. The third-order valence-electron chi connectivity index (χ3n) is 24.4. The summed E-state index contributed by atoms with van der Waals surface area (Å²) < 4.78 is 37.7. The van der Waals surface area contributed by atoms with Crippen molar-refractivity contribution in [1.29, 1.82) is 0 Å². The Bertz CT molecular complexity index is 8670. The number of amides is 2. The highest BCUT2D eigenvalue weighted by molar-refractivity contribution is 7.08. The number of hydrogen-bond donors (Lipinski definition) is 10. The molecule has 20 aromatic heterocycles. The molecule has 2 amide bonds. The first-order valence-corrected chi connectivity index (χ1v) is 46.9. The highest BCUT2D eigenvalue weighted by atomic mass is 32.1. The van der Waals surface area contributed by atoms with E-state index in [9.17, 15) is 18.4 Å². The van der Waals surface area contributed by atoms with Crippen molar-refractivity contribution in [3.63, 3.8) is 0 Å². The van der Waals surface area contributed by atoms with Gasteiger partial charge in [-0.15, -0.1) is 0 Å². The van der Waals surface area contributed by atoms with Crippen LogP contribution in [0.3, 0.4) is 0 Å². The van der Waals surface area contributed by atoms with Gasteiger partial charge in [-0.2, -0.15) is 43.1 Å². The molecule has 25 rings (SSSR count). The Hall–Kier alpha value is -17.6. The van der Waals surface area contributed by atoms with Gasteiger partial charge in [-0.05, 0) is 164 Å². The summed E-state index contributed by atoms with van der Waals surface area (Å²) in [6.07, 6.45) is 37.3. The number of rotatable bonds is 21. The van der Waals surface area contributed by atoms with E-state index in [1.165, 1.54) is 0 Å². The number of nitrogens with one attached hydrogen (secondary N) is 10. The minimum absolute atomic E-state index is 0.00228. The summed E-state index contributed by atoms with van der Waals surface area (Å²) in [5, 5.41) is 48.5. The highest BCUT2D eigenvalue weighted by Gasteiger charge is 2.38. The second-order valence-corrected chi connectivity index (χ2v) is 36.1. The predicted molar refractivity (Wildman–Crippen MR) is 542 cm³/mol. The van der Waals surface area contributed by atoms with Crippen LogP contribution in [0.25, 0.3) is 223 Å². The van der Waals surface area contributed by atoms with Crippen molar-refractivity contribution in [3.8, 4) is 135 Å². The number of alkyl halides is 2. The van der Waals surface area contributed by atoms with Gasteiger partial charge in [0.2, 0.25) is 11.8 Å². The molecule has 1 aliphatic rings. The van der Waals surface area contributed by atoms with Crippen LogP contribution < -0.4 is 15.5 Å². The number of aromatic nitrogens is 24. The van der Waals surface area contributed by atoms with E-state index in [-0.39, 0.29) is 30.7 Å². The molecule has 690 valence electrons.